The first-order valence-corrected chi connectivity index (χ1v) is 4.94. The molecule has 0 amide bonds. The van der Waals surface area contributed by atoms with Crippen LogP contribution in [0.25, 0.3) is 0 Å². The number of hydrogen-bond donors (Lipinski definition) is 0. The lowest BCUT2D eigenvalue weighted by Gasteiger charge is -2.10. The third-order valence-corrected chi connectivity index (χ3v) is 2.01. The van der Waals surface area contributed by atoms with Crippen LogP contribution in [0.1, 0.15) is 18.3 Å². The molecule has 5 heteroatoms. The van der Waals surface area contributed by atoms with E-state index in [0.29, 0.717) is 10.9 Å². The Morgan fingerprint density at radius 1 is 1.38 bits per heavy atom. The Morgan fingerprint density at radius 3 is 2.46 bits per heavy atom. The molecular weight excluding hydrogens is 194 g/mol. The van der Waals surface area contributed by atoms with Crippen LogP contribution >= 0.6 is 11.8 Å². The average Bonchev–Trinajstić information content (AvgIpc) is 2.01. The standard InChI is InChI=1S/C8H10F2N2S/c1-5-4-6(8(2,9)10)12-7(11-5)13-3/h4H,1-3H3. The highest BCUT2D eigenvalue weighted by atomic mass is 32.2. The molecule has 72 valence electrons. The average molecular weight is 204 g/mol. The largest absolute Gasteiger partial charge is 0.287 e. The van der Waals surface area contributed by atoms with Gasteiger partial charge in [-0.25, -0.2) is 9.97 Å². The lowest BCUT2D eigenvalue weighted by molar-refractivity contribution is 0.0118. The molecule has 0 aromatic carbocycles. The zero-order valence-corrected chi connectivity index (χ0v) is 8.45. The number of aryl methyl sites for hydroxylation is 1. The Kier molecular flexibility index (Phi) is 2.85. The number of thioether (sulfide) groups is 1. The topological polar surface area (TPSA) is 25.8 Å². The van der Waals surface area contributed by atoms with Crippen molar-refractivity contribution in [2.45, 2.75) is 24.9 Å². The third kappa shape index (κ3) is 2.62. The molecule has 0 unspecified atom stereocenters. The van der Waals surface area contributed by atoms with Gasteiger partial charge in [-0.1, -0.05) is 11.8 Å². The molecule has 2 nitrogen and oxygen atoms in total. The van der Waals surface area contributed by atoms with Gasteiger partial charge in [-0.05, 0) is 19.2 Å². The van der Waals surface area contributed by atoms with Crippen molar-refractivity contribution in [1.82, 2.24) is 9.97 Å². The molecule has 0 aliphatic rings. The van der Waals surface area contributed by atoms with Crippen LogP contribution in [-0.2, 0) is 5.92 Å². The van der Waals surface area contributed by atoms with Crippen LogP contribution in [0.5, 0.6) is 0 Å². The summed E-state index contributed by atoms with van der Waals surface area (Å²) >= 11 is 1.26. The maximum atomic E-state index is 12.9. The summed E-state index contributed by atoms with van der Waals surface area (Å²) in [4.78, 5) is 7.71. The van der Waals surface area contributed by atoms with E-state index in [1.807, 2.05) is 0 Å². The van der Waals surface area contributed by atoms with Crippen molar-refractivity contribution in [2.24, 2.45) is 0 Å². The Bertz CT molecular complexity index is 310. The Labute approximate surface area is 79.8 Å². The Balaban J connectivity index is 3.16. The number of rotatable bonds is 2. The van der Waals surface area contributed by atoms with Crippen molar-refractivity contribution in [3.8, 4) is 0 Å². The summed E-state index contributed by atoms with van der Waals surface area (Å²) < 4.78 is 25.7. The highest BCUT2D eigenvalue weighted by molar-refractivity contribution is 7.98. The van der Waals surface area contributed by atoms with Crippen LogP contribution < -0.4 is 0 Å². The second-order valence-electron chi connectivity index (χ2n) is 2.77. The molecule has 0 atom stereocenters. The normalized spacial score (nSPS) is 11.8. The third-order valence-electron chi connectivity index (χ3n) is 1.47. The SMILES string of the molecule is CSc1nc(C)cc(C(C)(F)F)n1. The van der Waals surface area contributed by atoms with Gasteiger partial charge in [0.25, 0.3) is 5.92 Å². The maximum Gasteiger partial charge on any atom is 0.287 e. The Morgan fingerprint density at radius 2 is 2.00 bits per heavy atom. The second-order valence-corrected chi connectivity index (χ2v) is 3.54. The molecule has 0 N–H and O–H groups in total. The minimum Gasteiger partial charge on any atom is -0.228 e. The summed E-state index contributed by atoms with van der Waals surface area (Å²) in [6.07, 6.45) is 1.76. The van der Waals surface area contributed by atoms with Crippen molar-refractivity contribution in [2.75, 3.05) is 6.26 Å². The second kappa shape index (κ2) is 3.57. The summed E-state index contributed by atoms with van der Waals surface area (Å²) in [7, 11) is 0. The molecule has 0 bridgehead atoms. The summed E-state index contributed by atoms with van der Waals surface area (Å²) in [5.41, 5.74) is 0.347. The van der Waals surface area contributed by atoms with E-state index in [1.165, 1.54) is 17.8 Å². The fourth-order valence-corrected chi connectivity index (χ4v) is 1.28. The minimum absolute atomic E-state index is 0.218. The van der Waals surface area contributed by atoms with Gasteiger partial charge in [0.1, 0.15) is 5.69 Å². The van der Waals surface area contributed by atoms with Gasteiger partial charge in [-0.3, -0.25) is 0 Å². The number of halogens is 2. The van der Waals surface area contributed by atoms with Gasteiger partial charge in [0.05, 0.1) is 0 Å². The van der Waals surface area contributed by atoms with Crippen molar-refractivity contribution in [3.63, 3.8) is 0 Å². The Hall–Kier alpha value is -0.710. The molecule has 1 aromatic rings. The molecule has 0 saturated carbocycles. The predicted molar refractivity (Wildman–Crippen MR) is 48.1 cm³/mol. The predicted octanol–water partition coefficient (Wildman–Crippen LogP) is 2.62. The summed E-state index contributed by atoms with van der Waals surface area (Å²) in [5, 5.41) is 0.386. The number of alkyl halides is 2. The summed E-state index contributed by atoms with van der Waals surface area (Å²) in [6.45, 7) is 2.51. The van der Waals surface area contributed by atoms with Crippen molar-refractivity contribution in [3.05, 3.63) is 17.5 Å². The molecule has 0 saturated heterocycles. The molecule has 0 fully saturated rings. The van der Waals surface area contributed by atoms with Crippen molar-refractivity contribution >= 4 is 11.8 Å². The van der Waals surface area contributed by atoms with Crippen molar-refractivity contribution in [1.29, 1.82) is 0 Å². The van der Waals surface area contributed by atoms with Crippen LogP contribution in [0.3, 0.4) is 0 Å². The van der Waals surface area contributed by atoms with Crippen LogP contribution in [0, 0.1) is 6.92 Å². The monoisotopic (exact) mass is 204 g/mol. The number of hydrogen-bond acceptors (Lipinski definition) is 3. The van der Waals surface area contributed by atoms with E-state index < -0.39 is 5.92 Å². The van der Waals surface area contributed by atoms with Gasteiger partial charge < -0.3 is 0 Å². The lowest BCUT2D eigenvalue weighted by Crippen LogP contribution is -2.11. The first kappa shape index (κ1) is 10.4. The van der Waals surface area contributed by atoms with Crippen molar-refractivity contribution < 1.29 is 8.78 Å². The molecular formula is C8H10F2N2S. The smallest absolute Gasteiger partial charge is 0.228 e. The van der Waals surface area contributed by atoms with Gasteiger partial charge in [0.2, 0.25) is 0 Å². The fraction of sp³-hybridized carbons (Fsp3) is 0.500. The quantitative estimate of drug-likeness (QED) is 0.547. The van der Waals surface area contributed by atoms with E-state index in [0.717, 1.165) is 6.92 Å². The van der Waals surface area contributed by atoms with Gasteiger partial charge in [-0.15, -0.1) is 0 Å². The first-order valence-electron chi connectivity index (χ1n) is 3.71. The molecule has 0 radical (unpaired) electrons. The van der Waals surface area contributed by atoms with E-state index >= 15 is 0 Å². The molecule has 1 heterocycles. The van der Waals surface area contributed by atoms with E-state index in [2.05, 4.69) is 9.97 Å². The molecule has 0 aliphatic carbocycles. The fourth-order valence-electron chi connectivity index (χ4n) is 0.857. The van der Waals surface area contributed by atoms with Crippen LogP contribution in [0.15, 0.2) is 11.2 Å². The van der Waals surface area contributed by atoms with E-state index in [-0.39, 0.29) is 5.69 Å². The van der Waals surface area contributed by atoms with Gasteiger partial charge in [-0.2, -0.15) is 8.78 Å². The molecule has 1 aromatic heterocycles. The number of aromatic nitrogens is 2. The van der Waals surface area contributed by atoms with E-state index in [1.54, 1.807) is 13.2 Å². The van der Waals surface area contributed by atoms with E-state index in [4.69, 9.17) is 0 Å². The van der Waals surface area contributed by atoms with Gasteiger partial charge in [0.15, 0.2) is 5.16 Å². The highest BCUT2D eigenvalue weighted by Gasteiger charge is 2.26. The highest BCUT2D eigenvalue weighted by Crippen LogP contribution is 2.26. The lowest BCUT2D eigenvalue weighted by atomic mass is 10.2. The molecule has 0 aliphatic heterocycles. The summed E-state index contributed by atoms with van der Waals surface area (Å²) in [5.74, 6) is -2.89. The van der Waals surface area contributed by atoms with Gasteiger partial charge >= 0.3 is 0 Å². The minimum atomic E-state index is -2.89. The molecule has 13 heavy (non-hydrogen) atoms. The zero-order chi connectivity index (χ0) is 10.1. The van der Waals surface area contributed by atoms with Gasteiger partial charge in [0, 0.05) is 12.6 Å². The van der Waals surface area contributed by atoms with Crippen LogP contribution in [0.2, 0.25) is 0 Å². The number of nitrogens with zero attached hydrogens (tertiary/aromatic N) is 2. The summed E-state index contributed by atoms with van der Waals surface area (Å²) in [6, 6.07) is 1.31. The van der Waals surface area contributed by atoms with Crippen LogP contribution in [0.4, 0.5) is 8.78 Å². The maximum absolute atomic E-state index is 12.9. The zero-order valence-electron chi connectivity index (χ0n) is 7.64. The van der Waals surface area contributed by atoms with E-state index in [9.17, 15) is 8.78 Å². The molecule has 0 spiro atoms. The first-order chi connectivity index (χ1) is 5.93. The van der Waals surface area contributed by atoms with Crippen LogP contribution in [-0.4, -0.2) is 16.2 Å². The molecule has 1 rings (SSSR count).